The maximum atomic E-state index is 12.5. The summed E-state index contributed by atoms with van der Waals surface area (Å²) in [5, 5.41) is 3.56. The van der Waals surface area contributed by atoms with Crippen LogP contribution in [0.1, 0.15) is 0 Å². The van der Waals surface area contributed by atoms with E-state index >= 15 is 0 Å². The molecule has 0 saturated carbocycles. The van der Waals surface area contributed by atoms with Gasteiger partial charge in [0.15, 0.2) is 0 Å². The lowest BCUT2D eigenvalue weighted by Crippen LogP contribution is -2.50. The molecule has 0 aliphatic carbocycles. The van der Waals surface area contributed by atoms with Crippen LogP contribution in [0.25, 0.3) is 0 Å². The minimum Gasteiger partial charge on any atom is -0.378 e. The Labute approximate surface area is 169 Å². The van der Waals surface area contributed by atoms with E-state index in [9.17, 15) is 4.79 Å². The van der Waals surface area contributed by atoms with E-state index in [1.54, 1.807) is 30.5 Å². The van der Waals surface area contributed by atoms with Gasteiger partial charge in [-0.25, -0.2) is 9.78 Å². The van der Waals surface area contributed by atoms with Crippen LogP contribution in [-0.2, 0) is 4.74 Å². The van der Waals surface area contributed by atoms with Crippen molar-refractivity contribution in [2.75, 3.05) is 67.6 Å². The highest BCUT2D eigenvalue weighted by Gasteiger charge is 2.23. The van der Waals surface area contributed by atoms with Crippen LogP contribution in [0.2, 0.25) is 5.02 Å². The molecule has 2 aromatic rings. The van der Waals surface area contributed by atoms with Crippen LogP contribution in [0.15, 0.2) is 36.5 Å². The Morgan fingerprint density at radius 3 is 2.39 bits per heavy atom. The van der Waals surface area contributed by atoms with Gasteiger partial charge in [-0.2, -0.15) is 4.98 Å². The predicted molar refractivity (Wildman–Crippen MR) is 109 cm³/mol. The Balaban J connectivity index is 1.33. The number of ether oxygens (including phenoxy) is 1. The van der Waals surface area contributed by atoms with Crippen LogP contribution < -0.4 is 15.1 Å². The normalized spacial score (nSPS) is 17.5. The van der Waals surface area contributed by atoms with Crippen molar-refractivity contribution in [2.45, 2.75) is 0 Å². The third-order valence-electron chi connectivity index (χ3n) is 4.91. The van der Waals surface area contributed by atoms with Crippen LogP contribution >= 0.6 is 11.6 Å². The Morgan fingerprint density at radius 2 is 1.68 bits per heavy atom. The monoisotopic (exact) mass is 402 g/mol. The number of piperazine rings is 1. The molecule has 3 heterocycles. The first-order valence-electron chi connectivity index (χ1n) is 9.41. The summed E-state index contributed by atoms with van der Waals surface area (Å²) >= 11 is 5.88. The number of amides is 2. The quantitative estimate of drug-likeness (QED) is 0.849. The van der Waals surface area contributed by atoms with E-state index in [4.69, 9.17) is 21.3 Å². The van der Waals surface area contributed by atoms with Crippen molar-refractivity contribution in [1.82, 2.24) is 14.9 Å². The molecule has 1 N–H and O–H groups in total. The molecule has 28 heavy (non-hydrogen) atoms. The first-order chi connectivity index (χ1) is 13.7. The van der Waals surface area contributed by atoms with Gasteiger partial charge in [0.25, 0.3) is 0 Å². The molecule has 1 aromatic carbocycles. The molecule has 2 amide bonds. The van der Waals surface area contributed by atoms with Crippen LogP contribution in [0.5, 0.6) is 0 Å². The summed E-state index contributed by atoms with van der Waals surface area (Å²) in [5.41, 5.74) is 0.739. The molecule has 4 rings (SSSR count). The largest absolute Gasteiger partial charge is 0.378 e. The van der Waals surface area contributed by atoms with Crippen LogP contribution in [0.3, 0.4) is 0 Å². The lowest BCUT2D eigenvalue weighted by molar-refractivity contribution is 0.122. The third kappa shape index (κ3) is 4.45. The van der Waals surface area contributed by atoms with Crippen LogP contribution in [0.4, 0.5) is 22.2 Å². The average Bonchev–Trinajstić information content (AvgIpc) is 2.76. The van der Waals surface area contributed by atoms with Gasteiger partial charge in [0.1, 0.15) is 5.82 Å². The topological polar surface area (TPSA) is 73.8 Å². The zero-order valence-corrected chi connectivity index (χ0v) is 16.3. The molecule has 148 valence electrons. The van der Waals surface area contributed by atoms with E-state index in [0.717, 1.165) is 43.6 Å². The molecular formula is C19H23ClN6O2. The van der Waals surface area contributed by atoms with E-state index in [2.05, 4.69) is 20.1 Å². The van der Waals surface area contributed by atoms with Crippen molar-refractivity contribution in [1.29, 1.82) is 0 Å². The average molecular weight is 403 g/mol. The van der Waals surface area contributed by atoms with Crippen LogP contribution in [0, 0.1) is 0 Å². The van der Waals surface area contributed by atoms with Gasteiger partial charge in [-0.05, 0) is 30.3 Å². The lowest BCUT2D eigenvalue weighted by Gasteiger charge is -2.35. The fraction of sp³-hybridized carbons (Fsp3) is 0.421. The molecule has 1 aromatic heterocycles. The maximum absolute atomic E-state index is 12.5. The molecule has 0 atom stereocenters. The Hall–Kier alpha value is -2.58. The summed E-state index contributed by atoms with van der Waals surface area (Å²) in [6.45, 7) is 5.75. The lowest BCUT2D eigenvalue weighted by atomic mass is 10.3. The molecule has 8 nitrogen and oxygen atoms in total. The van der Waals surface area contributed by atoms with Crippen molar-refractivity contribution < 1.29 is 9.53 Å². The van der Waals surface area contributed by atoms with Gasteiger partial charge in [-0.1, -0.05) is 11.6 Å². The summed E-state index contributed by atoms with van der Waals surface area (Å²) in [6.07, 6.45) is 1.80. The van der Waals surface area contributed by atoms with Crippen molar-refractivity contribution in [2.24, 2.45) is 0 Å². The molecule has 2 fully saturated rings. The molecule has 9 heteroatoms. The summed E-state index contributed by atoms with van der Waals surface area (Å²) in [6, 6.07) is 8.94. The first-order valence-corrected chi connectivity index (χ1v) is 9.79. The fourth-order valence-electron chi connectivity index (χ4n) is 3.31. The number of nitrogens with one attached hydrogen (secondary N) is 1. The summed E-state index contributed by atoms with van der Waals surface area (Å²) in [7, 11) is 0. The van der Waals surface area contributed by atoms with Crippen molar-refractivity contribution in [3.05, 3.63) is 41.6 Å². The number of anilines is 3. The number of carbonyl (C=O) groups excluding carboxylic acids is 1. The number of aromatic nitrogens is 2. The molecule has 2 aliphatic heterocycles. The van der Waals surface area contributed by atoms with E-state index in [0.29, 0.717) is 31.3 Å². The Kier molecular flexibility index (Phi) is 5.78. The molecule has 2 aliphatic rings. The highest BCUT2D eigenvalue weighted by Crippen LogP contribution is 2.19. The number of hydrogen-bond donors (Lipinski definition) is 1. The summed E-state index contributed by atoms with van der Waals surface area (Å²) in [4.78, 5) is 27.7. The Morgan fingerprint density at radius 1 is 0.964 bits per heavy atom. The second-order valence-corrected chi connectivity index (χ2v) is 7.16. The molecule has 0 unspecified atom stereocenters. The Bertz CT molecular complexity index is 804. The zero-order chi connectivity index (χ0) is 19.3. The highest BCUT2D eigenvalue weighted by atomic mass is 35.5. The molecule has 2 saturated heterocycles. The number of urea groups is 1. The van der Waals surface area contributed by atoms with Gasteiger partial charge in [-0.15, -0.1) is 0 Å². The van der Waals surface area contributed by atoms with Crippen molar-refractivity contribution in [3.63, 3.8) is 0 Å². The molecule has 0 spiro atoms. The fourth-order valence-corrected chi connectivity index (χ4v) is 3.43. The van der Waals surface area contributed by atoms with Gasteiger partial charge >= 0.3 is 6.03 Å². The van der Waals surface area contributed by atoms with Crippen molar-refractivity contribution >= 4 is 35.1 Å². The second kappa shape index (κ2) is 8.62. The van der Waals surface area contributed by atoms with E-state index < -0.39 is 0 Å². The molecule has 0 radical (unpaired) electrons. The minimum absolute atomic E-state index is 0.0985. The van der Waals surface area contributed by atoms with E-state index in [-0.39, 0.29) is 6.03 Å². The van der Waals surface area contributed by atoms with Gasteiger partial charge in [0.2, 0.25) is 5.95 Å². The number of halogens is 1. The molecule has 0 bridgehead atoms. The van der Waals surface area contributed by atoms with Crippen molar-refractivity contribution in [3.8, 4) is 0 Å². The number of morpholine rings is 1. The van der Waals surface area contributed by atoms with Gasteiger partial charge in [0, 0.05) is 56.2 Å². The van der Waals surface area contributed by atoms with Crippen LogP contribution in [-0.4, -0.2) is 73.4 Å². The van der Waals surface area contributed by atoms with Gasteiger partial charge in [0.05, 0.1) is 13.2 Å². The second-order valence-electron chi connectivity index (χ2n) is 6.73. The van der Waals surface area contributed by atoms with Gasteiger partial charge < -0.3 is 24.8 Å². The predicted octanol–water partition coefficient (Wildman–Crippen LogP) is 2.32. The number of benzene rings is 1. The zero-order valence-electron chi connectivity index (χ0n) is 15.6. The third-order valence-corrected chi connectivity index (χ3v) is 5.16. The SMILES string of the molecule is O=C(Nc1ccc(Cl)cc1)N1CCN(c2ccnc(N3CCOCC3)n2)CC1. The number of nitrogens with zero attached hydrogens (tertiary/aromatic N) is 5. The number of rotatable bonds is 3. The summed E-state index contributed by atoms with van der Waals surface area (Å²) < 4.78 is 5.39. The van der Waals surface area contributed by atoms with E-state index in [1.165, 1.54) is 0 Å². The summed E-state index contributed by atoms with van der Waals surface area (Å²) in [5.74, 6) is 1.64. The number of carbonyl (C=O) groups is 1. The van der Waals surface area contributed by atoms with E-state index in [1.807, 2.05) is 11.0 Å². The standard InChI is InChI=1S/C19H23ClN6O2/c20-15-1-3-16(4-2-15)22-19(27)26-9-7-24(8-10-26)17-5-6-21-18(23-17)25-11-13-28-14-12-25/h1-6H,7-14H2,(H,22,27). The molecular weight excluding hydrogens is 380 g/mol. The number of hydrogen-bond acceptors (Lipinski definition) is 6. The van der Waals surface area contributed by atoms with Gasteiger partial charge in [-0.3, -0.25) is 0 Å². The first kappa shape index (κ1) is 18.8. The highest BCUT2D eigenvalue weighted by molar-refractivity contribution is 6.30. The maximum Gasteiger partial charge on any atom is 0.321 e. The smallest absolute Gasteiger partial charge is 0.321 e. The minimum atomic E-state index is -0.0985.